The van der Waals surface area contributed by atoms with Gasteiger partial charge < -0.3 is 10.1 Å². The fraction of sp³-hybridized carbons (Fsp3) is 0.278. The summed E-state index contributed by atoms with van der Waals surface area (Å²) in [6.45, 7) is 3.99. The van der Waals surface area contributed by atoms with Crippen molar-refractivity contribution in [2.45, 2.75) is 33.0 Å². The van der Waals surface area contributed by atoms with Gasteiger partial charge in [0.15, 0.2) is 0 Å². The third-order valence-corrected chi connectivity index (χ3v) is 4.59. The molecule has 0 atom stereocenters. The van der Waals surface area contributed by atoms with Crippen LogP contribution in [0.5, 0.6) is 5.75 Å². The second kappa shape index (κ2) is 9.00. The first-order chi connectivity index (χ1) is 12.7. The first-order valence-corrected chi connectivity index (χ1v) is 9.48. The monoisotopic (exact) mass is 435 g/mol. The molecular weight excluding hydrogens is 418 g/mol. The number of rotatable bonds is 8. The minimum absolute atomic E-state index is 0.485. The van der Waals surface area contributed by atoms with Gasteiger partial charge in [-0.25, -0.2) is 4.68 Å². The van der Waals surface area contributed by atoms with Gasteiger partial charge in [0.1, 0.15) is 12.4 Å². The molecule has 0 aliphatic rings. The molecule has 0 saturated carbocycles. The van der Waals surface area contributed by atoms with Gasteiger partial charge >= 0.3 is 0 Å². The summed E-state index contributed by atoms with van der Waals surface area (Å²) in [7, 11) is 0. The average molecular weight is 437 g/mol. The van der Waals surface area contributed by atoms with E-state index in [-0.39, 0.29) is 0 Å². The van der Waals surface area contributed by atoms with Crippen LogP contribution in [0.3, 0.4) is 0 Å². The Bertz CT molecular complexity index is 853. The summed E-state index contributed by atoms with van der Waals surface area (Å²) < 4.78 is 8.54. The number of hydrogen-bond donors (Lipinski definition) is 1. The maximum absolute atomic E-state index is 5.90. The van der Waals surface area contributed by atoms with Crippen molar-refractivity contribution in [3.05, 3.63) is 63.1 Å². The predicted octanol–water partition coefficient (Wildman–Crippen LogP) is 4.69. The molecule has 6 nitrogen and oxygen atoms in total. The lowest BCUT2D eigenvalue weighted by Crippen LogP contribution is -2.08. The van der Waals surface area contributed by atoms with Crippen LogP contribution in [0.2, 0.25) is 5.02 Å². The zero-order chi connectivity index (χ0) is 18.4. The second-order valence-corrected chi connectivity index (χ2v) is 7.05. The Morgan fingerprint density at radius 1 is 1.15 bits per heavy atom. The number of aromatic nitrogens is 4. The molecule has 0 saturated heterocycles. The largest absolute Gasteiger partial charge is 0.488 e. The molecule has 8 heteroatoms. The highest BCUT2D eigenvalue weighted by atomic mass is 79.9. The second-order valence-electron chi connectivity index (χ2n) is 5.76. The average Bonchev–Trinajstić information content (AvgIpc) is 3.08. The van der Waals surface area contributed by atoms with Crippen LogP contribution < -0.4 is 10.1 Å². The number of ether oxygens (including phenoxy) is 1. The van der Waals surface area contributed by atoms with Crippen molar-refractivity contribution in [1.29, 1.82) is 0 Å². The molecule has 3 rings (SSSR count). The molecule has 26 heavy (non-hydrogen) atoms. The Kier molecular flexibility index (Phi) is 6.46. The fourth-order valence-electron chi connectivity index (χ4n) is 2.39. The molecule has 0 radical (unpaired) electrons. The molecule has 136 valence electrons. The summed E-state index contributed by atoms with van der Waals surface area (Å²) in [4.78, 5) is 0. The Hall–Kier alpha value is -2.12. The van der Waals surface area contributed by atoms with Crippen molar-refractivity contribution in [2.75, 3.05) is 5.32 Å². The highest BCUT2D eigenvalue weighted by molar-refractivity contribution is 9.10. The van der Waals surface area contributed by atoms with Gasteiger partial charge in [0.25, 0.3) is 0 Å². The highest BCUT2D eigenvalue weighted by Crippen LogP contribution is 2.27. The smallest absolute Gasteiger partial charge is 0.243 e. The fourth-order valence-corrected chi connectivity index (χ4v) is 3.05. The molecule has 2 aromatic carbocycles. The Morgan fingerprint density at radius 2 is 1.92 bits per heavy atom. The van der Waals surface area contributed by atoms with Crippen molar-refractivity contribution < 1.29 is 4.74 Å². The normalized spacial score (nSPS) is 10.7. The van der Waals surface area contributed by atoms with Crippen LogP contribution in [0, 0.1) is 0 Å². The van der Waals surface area contributed by atoms with Crippen LogP contribution in [0.15, 0.2) is 46.9 Å². The number of hydrogen-bond acceptors (Lipinski definition) is 5. The van der Waals surface area contributed by atoms with E-state index < -0.39 is 0 Å². The van der Waals surface area contributed by atoms with E-state index in [1.807, 2.05) is 42.5 Å². The molecular formula is C18H19BrClN5O. The number of nitrogens with zero attached hydrogens (tertiary/aromatic N) is 4. The van der Waals surface area contributed by atoms with Crippen molar-refractivity contribution >= 4 is 33.5 Å². The van der Waals surface area contributed by atoms with Crippen LogP contribution in [-0.2, 0) is 19.7 Å². The lowest BCUT2D eigenvalue weighted by Gasteiger charge is -2.11. The van der Waals surface area contributed by atoms with Gasteiger partial charge in [-0.2, -0.15) is 0 Å². The van der Waals surface area contributed by atoms with E-state index in [9.17, 15) is 0 Å². The van der Waals surface area contributed by atoms with Gasteiger partial charge in [-0.1, -0.05) is 41.8 Å². The molecule has 3 aromatic rings. The summed E-state index contributed by atoms with van der Waals surface area (Å²) in [6, 6.07) is 13.6. The third kappa shape index (κ3) is 4.95. The number of nitrogens with one attached hydrogen (secondary N) is 1. The van der Waals surface area contributed by atoms with Crippen LogP contribution >= 0.6 is 27.5 Å². The third-order valence-electron chi connectivity index (χ3n) is 3.72. The summed E-state index contributed by atoms with van der Waals surface area (Å²) in [5.74, 6) is 1.46. The molecule has 0 aliphatic heterocycles. The Balaban J connectivity index is 1.58. The van der Waals surface area contributed by atoms with Crippen LogP contribution in [0.1, 0.15) is 24.5 Å². The molecule has 1 N–H and O–H groups in total. The van der Waals surface area contributed by atoms with E-state index in [0.717, 1.165) is 39.3 Å². The van der Waals surface area contributed by atoms with Gasteiger partial charge in [-0.3, -0.25) is 0 Å². The molecule has 0 bridgehead atoms. The number of benzene rings is 2. The summed E-state index contributed by atoms with van der Waals surface area (Å²) in [6.07, 6.45) is 0.977. The quantitative estimate of drug-likeness (QED) is 0.555. The van der Waals surface area contributed by atoms with Crippen LogP contribution in [-0.4, -0.2) is 20.2 Å². The van der Waals surface area contributed by atoms with E-state index in [4.69, 9.17) is 16.3 Å². The number of tetrazole rings is 1. The molecule has 0 fully saturated rings. The van der Waals surface area contributed by atoms with E-state index in [0.29, 0.717) is 19.1 Å². The molecule has 1 heterocycles. The maximum Gasteiger partial charge on any atom is 0.243 e. The summed E-state index contributed by atoms with van der Waals surface area (Å²) >= 11 is 9.47. The van der Waals surface area contributed by atoms with E-state index in [1.54, 1.807) is 4.68 Å². The lowest BCUT2D eigenvalue weighted by molar-refractivity contribution is 0.304. The van der Waals surface area contributed by atoms with Crippen LogP contribution in [0.25, 0.3) is 0 Å². The van der Waals surface area contributed by atoms with E-state index in [2.05, 4.69) is 43.7 Å². The Morgan fingerprint density at radius 3 is 2.65 bits per heavy atom. The first-order valence-electron chi connectivity index (χ1n) is 8.31. The minimum Gasteiger partial charge on any atom is -0.488 e. The zero-order valence-electron chi connectivity index (χ0n) is 14.3. The SMILES string of the molecule is CCCn1nnnc1NCc1ccc(OCc2ccc(Cl)cc2)c(Br)c1. The van der Waals surface area contributed by atoms with Crippen molar-refractivity contribution in [3.63, 3.8) is 0 Å². The van der Waals surface area contributed by atoms with Crippen LogP contribution in [0.4, 0.5) is 5.95 Å². The molecule has 1 aromatic heterocycles. The highest BCUT2D eigenvalue weighted by Gasteiger charge is 2.07. The standard InChI is InChI=1S/C18H19BrClN5O/c1-2-9-25-18(22-23-24-25)21-11-14-5-8-17(16(19)10-14)26-12-13-3-6-15(20)7-4-13/h3-8,10H,2,9,11-12H2,1H3,(H,21,22,24). The molecule has 0 spiro atoms. The van der Waals surface area contributed by atoms with E-state index >= 15 is 0 Å². The Labute approximate surface area is 165 Å². The molecule has 0 amide bonds. The van der Waals surface area contributed by atoms with Gasteiger partial charge in [0.2, 0.25) is 5.95 Å². The number of halogens is 2. The van der Waals surface area contributed by atoms with Gasteiger partial charge in [-0.15, -0.1) is 0 Å². The minimum atomic E-state index is 0.485. The predicted molar refractivity (Wildman–Crippen MR) is 105 cm³/mol. The number of aryl methyl sites for hydroxylation is 1. The summed E-state index contributed by atoms with van der Waals surface area (Å²) in [5.41, 5.74) is 2.16. The lowest BCUT2D eigenvalue weighted by atomic mass is 10.2. The maximum atomic E-state index is 5.90. The molecule has 0 aliphatic carbocycles. The summed E-state index contributed by atoms with van der Waals surface area (Å²) in [5, 5.41) is 15.7. The zero-order valence-corrected chi connectivity index (χ0v) is 16.7. The number of anilines is 1. The van der Waals surface area contributed by atoms with Crippen molar-refractivity contribution in [1.82, 2.24) is 20.2 Å². The van der Waals surface area contributed by atoms with Gasteiger partial charge in [0.05, 0.1) is 4.47 Å². The van der Waals surface area contributed by atoms with Gasteiger partial charge in [0, 0.05) is 18.1 Å². The first kappa shape index (κ1) is 18.7. The van der Waals surface area contributed by atoms with Crippen molar-refractivity contribution in [2.24, 2.45) is 0 Å². The van der Waals surface area contributed by atoms with E-state index in [1.165, 1.54) is 0 Å². The molecule has 0 unspecified atom stereocenters. The van der Waals surface area contributed by atoms with Gasteiger partial charge in [-0.05, 0) is 68.2 Å². The topological polar surface area (TPSA) is 64.9 Å². The van der Waals surface area contributed by atoms with Crippen molar-refractivity contribution in [3.8, 4) is 5.75 Å².